The number of hydrogen-bond acceptors (Lipinski definition) is 2. The first-order chi connectivity index (χ1) is 9.70. The average Bonchev–Trinajstić information content (AvgIpc) is 3.05. The van der Waals surface area contributed by atoms with Crippen molar-refractivity contribution in [3.63, 3.8) is 0 Å². The van der Waals surface area contributed by atoms with Crippen molar-refractivity contribution in [3.05, 3.63) is 54.0 Å². The molecule has 0 aliphatic heterocycles. The third-order valence-electron chi connectivity index (χ3n) is 3.38. The molecule has 0 amide bonds. The van der Waals surface area contributed by atoms with E-state index in [2.05, 4.69) is 4.98 Å². The molecule has 1 atom stereocenters. The van der Waals surface area contributed by atoms with Crippen LogP contribution in [0.3, 0.4) is 0 Å². The van der Waals surface area contributed by atoms with Gasteiger partial charge in [0, 0.05) is 12.3 Å². The number of aryl methyl sites for hydroxylation is 1. The van der Waals surface area contributed by atoms with Crippen LogP contribution >= 0.6 is 11.6 Å². The molecule has 0 bridgehead atoms. The summed E-state index contributed by atoms with van der Waals surface area (Å²) in [6.45, 7) is 2.00. The molecule has 0 saturated carbocycles. The lowest BCUT2D eigenvalue weighted by Crippen LogP contribution is -2.10. The third-order valence-corrected chi connectivity index (χ3v) is 3.57. The summed E-state index contributed by atoms with van der Waals surface area (Å²) in [6.07, 6.45) is 2.26. The standard InChI is InChI=1S/C15H14ClFN2O/c1-10(14-3-2-8-20-14)19-13-9-11(17)4-5-12(13)18-15(19)6-7-16/h2-5,8-10H,6-7H2,1H3. The highest BCUT2D eigenvalue weighted by atomic mass is 35.5. The third kappa shape index (κ3) is 2.20. The smallest absolute Gasteiger partial charge is 0.126 e. The normalized spacial score (nSPS) is 12.9. The molecule has 0 spiro atoms. The fourth-order valence-corrected chi connectivity index (χ4v) is 2.63. The van der Waals surface area contributed by atoms with Gasteiger partial charge in [0.1, 0.15) is 17.4 Å². The van der Waals surface area contributed by atoms with E-state index in [1.54, 1.807) is 12.3 Å². The lowest BCUT2D eigenvalue weighted by Gasteiger charge is -2.15. The summed E-state index contributed by atoms with van der Waals surface area (Å²) < 4.78 is 21.0. The lowest BCUT2D eigenvalue weighted by molar-refractivity contribution is 0.444. The SMILES string of the molecule is CC(c1ccco1)n1c(CCCl)nc2ccc(F)cc21. The van der Waals surface area contributed by atoms with Gasteiger partial charge in [0.05, 0.1) is 23.3 Å². The van der Waals surface area contributed by atoms with Crippen LogP contribution in [0.25, 0.3) is 11.0 Å². The minimum atomic E-state index is -0.275. The van der Waals surface area contributed by atoms with Gasteiger partial charge in [0.15, 0.2) is 0 Å². The first-order valence-electron chi connectivity index (χ1n) is 6.46. The van der Waals surface area contributed by atoms with Gasteiger partial charge in [-0.05, 0) is 37.3 Å². The van der Waals surface area contributed by atoms with Gasteiger partial charge < -0.3 is 8.98 Å². The van der Waals surface area contributed by atoms with Crippen LogP contribution < -0.4 is 0 Å². The maximum Gasteiger partial charge on any atom is 0.126 e. The van der Waals surface area contributed by atoms with Crippen molar-refractivity contribution in [2.45, 2.75) is 19.4 Å². The Morgan fingerprint density at radius 3 is 2.95 bits per heavy atom. The molecule has 1 aromatic carbocycles. The Morgan fingerprint density at radius 1 is 1.40 bits per heavy atom. The highest BCUT2D eigenvalue weighted by molar-refractivity contribution is 6.17. The van der Waals surface area contributed by atoms with Gasteiger partial charge in [-0.3, -0.25) is 0 Å². The fraction of sp³-hybridized carbons (Fsp3) is 0.267. The Balaban J connectivity index is 2.19. The molecule has 0 aliphatic rings. The summed E-state index contributed by atoms with van der Waals surface area (Å²) in [7, 11) is 0. The summed E-state index contributed by atoms with van der Waals surface area (Å²) in [4.78, 5) is 4.54. The fourth-order valence-electron chi connectivity index (χ4n) is 2.47. The Labute approximate surface area is 121 Å². The number of rotatable bonds is 4. The number of fused-ring (bicyclic) bond motifs is 1. The van der Waals surface area contributed by atoms with E-state index in [1.165, 1.54) is 12.1 Å². The van der Waals surface area contributed by atoms with Crippen LogP contribution in [0, 0.1) is 5.82 Å². The van der Waals surface area contributed by atoms with Crippen molar-refractivity contribution in [1.82, 2.24) is 9.55 Å². The highest BCUT2D eigenvalue weighted by Gasteiger charge is 2.19. The first kappa shape index (κ1) is 13.2. The van der Waals surface area contributed by atoms with Crippen LogP contribution in [0.1, 0.15) is 24.6 Å². The van der Waals surface area contributed by atoms with E-state index >= 15 is 0 Å². The van der Waals surface area contributed by atoms with Crippen molar-refractivity contribution in [1.29, 1.82) is 0 Å². The van der Waals surface area contributed by atoms with E-state index < -0.39 is 0 Å². The number of halogens is 2. The molecule has 3 rings (SSSR count). The van der Waals surface area contributed by atoms with Gasteiger partial charge in [0.2, 0.25) is 0 Å². The molecule has 20 heavy (non-hydrogen) atoms. The largest absolute Gasteiger partial charge is 0.467 e. The second-order valence-electron chi connectivity index (χ2n) is 4.66. The van der Waals surface area contributed by atoms with Crippen LogP contribution in [0.4, 0.5) is 4.39 Å². The first-order valence-corrected chi connectivity index (χ1v) is 7.00. The summed E-state index contributed by atoms with van der Waals surface area (Å²) >= 11 is 5.85. The van der Waals surface area contributed by atoms with E-state index in [0.29, 0.717) is 12.3 Å². The van der Waals surface area contributed by atoms with E-state index in [0.717, 1.165) is 22.6 Å². The predicted octanol–water partition coefficient (Wildman–Crippen LogP) is 4.16. The van der Waals surface area contributed by atoms with Gasteiger partial charge >= 0.3 is 0 Å². The van der Waals surface area contributed by atoms with Crippen LogP contribution in [0.2, 0.25) is 0 Å². The topological polar surface area (TPSA) is 31.0 Å². The zero-order valence-corrected chi connectivity index (χ0v) is 11.8. The van der Waals surface area contributed by atoms with Crippen LogP contribution in [-0.4, -0.2) is 15.4 Å². The Kier molecular flexibility index (Phi) is 3.49. The zero-order chi connectivity index (χ0) is 14.1. The number of benzene rings is 1. The highest BCUT2D eigenvalue weighted by Crippen LogP contribution is 2.27. The molecule has 2 heterocycles. The maximum absolute atomic E-state index is 13.5. The molecule has 0 N–H and O–H groups in total. The Morgan fingerprint density at radius 2 is 2.25 bits per heavy atom. The van der Waals surface area contributed by atoms with Gasteiger partial charge in [-0.25, -0.2) is 9.37 Å². The summed E-state index contributed by atoms with van der Waals surface area (Å²) in [5.41, 5.74) is 1.53. The molecule has 3 nitrogen and oxygen atoms in total. The molecule has 104 valence electrons. The van der Waals surface area contributed by atoms with Gasteiger partial charge in [0.25, 0.3) is 0 Å². The number of alkyl halides is 1. The van der Waals surface area contributed by atoms with E-state index in [4.69, 9.17) is 16.0 Å². The van der Waals surface area contributed by atoms with Crippen LogP contribution in [0.15, 0.2) is 41.0 Å². The summed E-state index contributed by atoms with van der Waals surface area (Å²) in [6, 6.07) is 8.29. The van der Waals surface area contributed by atoms with Crippen molar-refractivity contribution in [2.24, 2.45) is 0 Å². The molecule has 5 heteroatoms. The zero-order valence-electron chi connectivity index (χ0n) is 11.0. The van der Waals surface area contributed by atoms with Crippen molar-refractivity contribution in [3.8, 4) is 0 Å². The molecule has 3 aromatic rings. The molecule has 0 radical (unpaired) electrons. The quantitative estimate of drug-likeness (QED) is 0.676. The van der Waals surface area contributed by atoms with Crippen molar-refractivity contribution >= 4 is 22.6 Å². The predicted molar refractivity (Wildman–Crippen MR) is 76.6 cm³/mol. The monoisotopic (exact) mass is 292 g/mol. The lowest BCUT2D eigenvalue weighted by atomic mass is 10.2. The van der Waals surface area contributed by atoms with Crippen LogP contribution in [0.5, 0.6) is 0 Å². The molecule has 0 fully saturated rings. The van der Waals surface area contributed by atoms with Gasteiger partial charge in [-0.1, -0.05) is 0 Å². The Hall–Kier alpha value is -1.81. The number of aromatic nitrogens is 2. The summed E-state index contributed by atoms with van der Waals surface area (Å²) in [5.74, 6) is 1.84. The van der Waals surface area contributed by atoms with Crippen molar-refractivity contribution in [2.75, 3.05) is 5.88 Å². The van der Waals surface area contributed by atoms with E-state index in [9.17, 15) is 4.39 Å². The van der Waals surface area contributed by atoms with Gasteiger partial charge in [-0.15, -0.1) is 11.6 Å². The molecule has 2 aromatic heterocycles. The van der Waals surface area contributed by atoms with Crippen molar-refractivity contribution < 1.29 is 8.81 Å². The van der Waals surface area contributed by atoms with E-state index in [1.807, 2.05) is 23.6 Å². The average molecular weight is 293 g/mol. The second kappa shape index (κ2) is 5.29. The van der Waals surface area contributed by atoms with Crippen LogP contribution in [-0.2, 0) is 6.42 Å². The summed E-state index contributed by atoms with van der Waals surface area (Å²) in [5, 5.41) is 0. The minimum Gasteiger partial charge on any atom is -0.467 e. The number of furan rings is 1. The maximum atomic E-state index is 13.5. The molecular weight excluding hydrogens is 279 g/mol. The Bertz CT molecular complexity index is 721. The second-order valence-corrected chi connectivity index (χ2v) is 5.04. The number of hydrogen-bond donors (Lipinski definition) is 0. The van der Waals surface area contributed by atoms with Gasteiger partial charge in [-0.2, -0.15) is 0 Å². The van der Waals surface area contributed by atoms with E-state index in [-0.39, 0.29) is 11.9 Å². The number of nitrogens with zero attached hydrogens (tertiary/aromatic N) is 2. The molecular formula is C15H14ClFN2O. The number of imidazole rings is 1. The molecule has 0 aliphatic carbocycles. The minimum absolute atomic E-state index is 0.0602. The molecule has 0 saturated heterocycles. The molecule has 1 unspecified atom stereocenters.